The van der Waals surface area contributed by atoms with Gasteiger partial charge in [0.15, 0.2) is 0 Å². The number of halogens is 2. The summed E-state index contributed by atoms with van der Waals surface area (Å²) in [6.45, 7) is 18.5. The fourth-order valence-electron chi connectivity index (χ4n) is 7.22. The summed E-state index contributed by atoms with van der Waals surface area (Å²) in [7, 11) is -1.19. The van der Waals surface area contributed by atoms with Gasteiger partial charge in [-0.05, 0) is 54.2 Å². The Bertz CT molecular complexity index is 1730. The Labute approximate surface area is 284 Å². The van der Waals surface area contributed by atoms with Crippen molar-refractivity contribution in [3.8, 4) is 16.8 Å². The fourth-order valence-corrected chi connectivity index (χ4v) is 11.5. The number of benzene rings is 3. The molecule has 0 saturated carbocycles. The van der Waals surface area contributed by atoms with Crippen molar-refractivity contribution in [1.29, 1.82) is 0 Å². The quantitative estimate of drug-likeness (QED) is 0.193. The third kappa shape index (κ3) is 5.63. The van der Waals surface area contributed by atoms with Gasteiger partial charge in [0.25, 0.3) is 0 Å². The van der Waals surface area contributed by atoms with Crippen molar-refractivity contribution >= 4 is 24.0 Å². The van der Waals surface area contributed by atoms with Crippen molar-refractivity contribution in [1.82, 2.24) is 4.57 Å². The molecule has 3 aliphatic rings. The molecule has 1 radical (unpaired) electrons. The molecular weight excluding hydrogens is 649 g/mol. The van der Waals surface area contributed by atoms with Gasteiger partial charge in [0.1, 0.15) is 0 Å². The summed E-state index contributed by atoms with van der Waals surface area (Å²) in [5.74, 6) is 0. The van der Waals surface area contributed by atoms with E-state index in [9.17, 15) is 0 Å². The van der Waals surface area contributed by atoms with Crippen molar-refractivity contribution < 1.29 is 51.0 Å². The Hall–Kier alpha value is -2.03. The average molecular weight is 689 g/mol. The average Bonchev–Trinajstić information content (AvgIpc) is 3.57. The van der Waals surface area contributed by atoms with E-state index in [1.54, 1.807) is 22.0 Å². The Kier molecular flexibility index (Phi) is 10.3. The minimum absolute atomic E-state index is 0. The Balaban J connectivity index is 0.000000215. The Morgan fingerprint density at radius 3 is 2.00 bits per heavy atom. The number of para-hydroxylation sites is 1. The molecule has 2 bridgehead atoms. The third-order valence-corrected chi connectivity index (χ3v) is 13.0. The number of fused-ring (bicyclic) bond motifs is 1. The molecule has 3 heterocycles. The summed E-state index contributed by atoms with van der Waals surface area (Å²) < 4.78 is 2.48. The van der Waals surface area contributed by atoms with Crippen molar-refractivity contribution in [2.75, 3.05) is 0 Å². The second kappa shape index (κ2) is 12.5. The van der Waals surface area contributed by atoms with Crippen LogP contribution in [-0.2, 0) is 31.6 Å². The second-order valence-corrected chi connectivity index (χ2v) is 17.7. The minimum atomic E-state index is -1.19. The second-order valence-electron chi connectivity index (χ2n) is 13.1. The number of aryl methyl sites for hydroxylation is 2. The van der Waals surface area contributed by atoms with E-state index in [2.05, 4.69) is 150 Å². The smallest absolute Gasteiger partial charge is 1.00 e. The maximum absolute atomic E-state index is 2.52. The third-order valence-electron chi connectivity index (χ3n) is 8.93. The van der Waals surface area contributed by atoms with Gasteiger partial charge < -0.3 is 29.4 Å². The molecule has 1 nitrogen and oxygen atoms in total. The summed E-state index contributed by atoms with van der Waals surface area (Å²) in [5.41, 5.74) is 13.8. The van der Waals surface area contributed by atoms with Crippen LogP contribution in [-0.4, -0.2) is 12.6 Å². The van der Waals surface area contributed by atoms with Gasteiger partial charge >= 0.3 is 26.2 Å². The van der Waals surface area contributed by atoms with Crippen LogP contribution in [0.25, 0.3) is 32.8 Å². The number of aromatic nitrogens is 1. The summed E-state index contributed by atoms with van der Waals surface area (Å²) in [6.07, 6.45) is 0. The van der Waals surface area contributed by atoms with Gasteiger partial charge in [-0.25, -0.2) is 0 Å². The largest absolute Gasteiger partial charge is 3.00 e. The number of allylic oxidation sites excluding steroid dienone is 1. The van der Waals surface area contributed by atoms with Crippen molar-refractivity contribution in [2.45, 2.75) is 65.6 Å². The van der Waals surface area contributed by atoms with E-state index in [1.165, 1.54) is 44.4 Å². The molecule has 1 aromatic heterocycles. The predicted molar refractivity (Wildman–Crippen MR) is 172 cm³/mol. The number of hydrogen-bond donors (Lipinski definition) is 0. The predicted octanol–water partition coefficient (Wildman–Crippen LogP) is 4.29. The molecule has 4 aromatic carbocycles. The van der Waals surface area contributed by atoms with Crippen LogP contribution in [0.2, 0.25) is 13.1 Å². The van der Waals surface area contributed by atoms with Crippen molar-refractivity contribution in [2.24, 2.45) is 0 Å². The van der Waals surface area contributed by atoms with Crippen molar-refractivity contribution in [3.05, 3.63) is 125 Å². The van der Waals surface area contributed by atoms with Crippen LogP contribution in [0, 0.1) is 13.8 Å². The zero-order valence-corrected chi connectivity index (χ0v) is 30.9. The van der Waals surface area contributed by atoms with Gasteiger partial charge in [0, 0.05) is 22.6 Å². The maximum Gasteiger partial charge on any atom is 3.00 e. The summed E-state index contributed by atoms with van der Waals surface area (Å²) in [4.78, 5) is 0. The first-order valence-corrected chi connectivity index (χ1v) is 17.3. The van der Waals surface area contributed by atoms with Crippen LogP contribution in [0.15, 0.2) is 96.6 Å². The summed E-state index contributed by atoms with van der Waals surface area (Å²) in [5, 5.41) is 4.42. The molecule has 1 atom stereocenters. The maximum atomic E-state index is 2.52. The molecule has 2 aliphatic heterocycles. The van der Waals surface area contributed by atoms with E-state index >= 15 is 0 Å². The Morgan fingerprint density at radius 1 is 0.762 bits per heavy atom. The topological polar surface area (TPSA) is 4.93 Å². The minimum Gasteiger partial charge on any atom is -1.00 e. The first-order chi connectivity index (χ1) is 18.5. The standard InChI is InChI=1S/C20H21.C17H19NSi.2ClH.Zr/c1-14-12-16-6-5-7-18(19(16)13-14)15-8-10-17(11-9-15)20(2,3)4;1-11-10-14-15(17-12(2)16(14)19(17,3)4)18(11)13-8-6-5-7-9-13;;;/h5-13H,1-4H3;5-10,17H,1-4H3;2*1H;/q-1;;;;+3/p-2. The van der Waals surface area contributed by atoms with Crippen molar-refractivity contribution in [3.63, 3.8) is 0 Å². The van der Waals surface area contributed by atoms with Crippen LogP contribution in [0.4, 0.5) is 0 Å². The van der Waals surface area contributed by atoms with Crippen LogP contribution < -0.4 is 24.8 Å². The molecule has 8 rings (SSSR count). The molecule has 42 heavy (non-hydrogen) atoms. The number of rotatable bonds is 2. The van der Waals surface area contributed by atoms with Gasteiger partial charge in [0.05, 0.1) is 8.07 Å². The molecule has 0 N–H and O–H groups in total. The number of nitrogens with zero attached hydrogens (tertiary/aromatic N) is 1. The molecule has 0 saturated heterocycles. The molecule has 1 unspecified atom stereocenters. The van der Waals surface area contributed by atoms with E-state index < -0.39 is 8.07 Å². The van der Waals surface area contributed by atoms with E-state index in [0.717, 1.165) is 5.54 Å². The Morgan fingerprint density at radius 2 is 1.40 bits per heavy atom. The zero-order valence-electron chi connectivity index (χ0n) is 25.9. The molecule has 5 heteroatoms. The molecule has 215 valence electrons. The van der Waals surface area contributed by atoms with E-state index in [1.807, 2.05) is 0 Å². The monoisotopic (exact) mass is 686 g/mol. The molecule has 0 amide bonds. The number of hydrogen-bond acceptors (Lipinski definition) is 0. The van der Waals surface area contributed by atoms with E-state index in [-0.39, 0.29) is 56.4 Å². The SMILES string of the molecule is CC1=C2c3cc(C)n(-c4ccccc4)c3C1[Si]2(C)C.Cc1cc2c(-c3ccc(C(C)(C)C)cc3)cccc2[cH-]1.[Cl-].[Cl-].[Zr+3]. The summed E-state index contributed by atoms with van der Waals surface area (Å²) >= 11 is 0. The normalized spacial score (nSPS) is 15.9. The molecule has 0 fully saturated rings. The molecule has 1 aliphatic carbocycles. The fraction of sp³-hybridized carbons (Fsp3) is 0.270. The van der Waals surface area contributed by atoms with E-state index in [4.69, 9.17) is 0 Å². The van der Waals surface area contributed by atoms with Crippen LogP contribution in [0.5, 0.6) is 0 Å². The first kappa shape index (κ1) is 34.5. The summed E-state index contributed by atoms with van der Waals surface area (Å²) in [6, 6.07) is 33.3. The van der Waals surface area contributed by atoms with Crippen LogP contribution >= 0.6 is 0 Å². The van der Waals surface area contributed by atoms with Gasteiger partial charge in [-0.2, -0.15) is 6.07 Å². The van der Waals surface area contributed by atoms with Gasteiger partial charge in [-0.3, -0.25) is 0 Å². The van der Waals surface area contributed by atoms with Gasteiger partial charge in [0.2, 0.25) is 0 Å². The van der Waals surface area contributed by atoms with E-state index in [0.29, 0.717) is 0 Å². The zero-order chi connectivity index (χ0) is 27.7. The molecule has 0 spiro atoms. The van der Waals surface area contributed by atoms with Gasteiger partial charge in [-0.15, -0.1) is 34.5 Å². The van der Waals surface area contributed by atoms with Crippen LogP contribution in [0.3, 0.4) is 0 Å². The first-order valence-electron chi connectivity index (χ1n) is 14.2. The van der Waals surface area contributed by atoms with Crippen LogP contribution in [0.1, 0.15) is 61.3 Å². The molecule has 5 aromatic rings. The van der Waals surface area contributed by atoms with Gasteiger partial charge in [-0.1, -0.05) is 106 Å². The molecular formula is C37H40Cl2NSiZr.